The van der Waals surface area contributed by atoms with E-state index in [-0.39, 0.29) is 0 Å². The molecule has 0 radical (unpaired) electrons. The van der Waals surface area contributed by atoms with Gasteiger partial charge in [-0.15, -0.1) is 11.3 Å². The van der Waals surface area contributed by atoms with E-state index >= 15 is 0 Å². The lowest BCUT2D eigenvalue weighted by molar-refractivity contribution is 0.436. The van der Waals surface area contributed by atoms with Crippen LogP contribution in [0.1, 0.15) is 22.3 Å². The van der Waals surface area contributed by atoms with Crippen molar-refractivity contribution < 1.29 is 4.74 Å². The zero-order valence-electron chi connectivity index (χ0n) is 31.5. The van der Waals surface area contributed by atoms with Gasteiger partial charge < -0.3 is 9.64 Å². The molecule has 0 unspecified atom stereocenters. The molecule has 10 aromatic rings. The minimum Gasteiger partial charge on any atom is -0.457 e. The first kappa shape index (κ1) is 33.0. The Morgan fingerprint density at radius 1 is 0.362 bits per heavy atom. The molecule has 1 spiro atoms. The number of hydrogen-bond donors (Lipinski definition) is 0. The van der Waals surface area contributed by atoms with Crippen molar-refractivity contribution in [1.82, 2.24) is 0 Å². The molecule has 1 aliphatic carbocycles. The molecule has 0 bridgehead atoms. The van der Waals surface area contributed by atoms with E-state index in [1.165, 1.54) is 59.1 Å². The standard InChI is InChI=1S/C55H35NOS/c1-2-14-39(15-3-1)56(40-30-26-36(27-31-40)37-29-33-54-45(34-37)44-19-7-13-25-53(44)58-54)50-23-11-6-16-41(50)38-28-32-52-49(35-38)55(48-22-10-12-24-51(48)57-52)46-20-8-4-17-42(46)43-18-5-9-21-47(43)55/h1-35H. The number of thiophene rings is 1. The Morgan fingerprint density at radius 2 is 0.931 bits per heavy atom. The average Bonchev–Trinajstić information content (AvgIpc) is 3.81. The first-order chi connectivity index (χ1) is 28.8. The van der Waals surface area contributed by atoms with Gasteiger partial charge in [0.25, 0.3) is 0 Å². The van der Waals surface area contributed by atoms with Crippen LogP contribution in [0.2, 0.25) is 0 Å². The molecular weight excluding hydrogens is 723 g/mol. The van der Waals surface area contributed by atoms with E-state index in [1.807, 2.05) is 11.3 Å². The highest BCUT2D eigenvalue weighted by Gasteiger charge is 2.51. The SMILES string of the molecule is c1ccc(N(c2ccc(-c3ccc4sc5ccccc5c4c3)cc2)c2ccccc2-c2ccc3c(c2)C2(c4ccccc4O3)c3ccccc3-c3ccccc32)cc1. The fourth-order valence-electron chi connectivity index (χ4n) is 9.65. The molecule has 0 saturated carbocycles. The lowest BCUT2D eigenvalue weighted by Crippen LogP contribution is -2.32. The monoisotopic (exact) mass is 757 g/mol. The summed E-state index contributed by atoms with van der Waals surface area (Å²) in [5.41, 5.74) is 14.9. The summed E-state index contributed by atoms with van der Waals surface area (Å²) < 4.78 is 9.42. The van der Waals surface area contributed by atoms with Gasteiger partial charge in [-0.05, 0) is 106 Å². The van der Waals surface area contributed by atoms with Gasteiger partial charge in [0.15, 0.2) is 0 Å². The van der Waals surface area contributed by atoms with Crippen LogP contribution in [-0.2, 0) is 5.41 Å². The van der Waals surface area contributed by atoms with E-state index in [0.29, 0.717) is 0 Å². The lowest BCUT2D eigenvalue weighted by atomic mass is 9.66. The Labute approximate surface area is 341 Å². The summed E-state index contributed by atoms with van der Waals surface area (Å²) in [6, 6.07) is 77.3. The topological polar surface area (TPSA) is 12.5 Å². The molecule has 0 amide bonds. The molecule has 1 aromatic heterocycles. The van der Waals surface area contributed by atoms with Crippen molar-refractivity contribution in [2.75, 3.05) is 4.90 Å². The van der Waals surface area contributed by atoms with Crippen LogP contribution < -0.4 is 9.64 Å². The van der Waals surface area contributed by atoms with Crippen molar-refractivity contribution in [2.24, 2.45) is 0 Å². The van der Waals surface area contributed by atoms with E-state index in [2.05, 4.69) is 217 Å². The van der Waals surface area contributed by atoms with Gasteiger partial charge in [0.2, 0.25) is 0 Å². The van der Waals surface area contributed by atoms with Crippen molar-refractivity contribution in [3.8, 4) is 44.9 Å². The second-order valence-electron chi connectivity index (χ2n) is 15.2. The molecule has 3 heteroatoms. The summed E-state index contributed by atoms with van der Waals surface area (Å²) in [6.45, 7) is 0. The first-order valence-corrected chi connectivity index (χ1v) is 20.6. The number of para-hydroxylation sites is 3. The molecule has 9 aromatic carbocycles. The highest BCUT2D eigenvalue weighted by molar-refractivity contribution is 7.25. The summed E-state index contributed by atoms with van der Waals surface area (Å²) in [6.07, 6.45) is 0. The van der Waals surface area contributed by atoms with Gasteiger partial charge in [-0.2, -0.15) is 0 Å². The van der Waals surface area contributed by atoms with E-state index in [0.717, 1.165) is 45.3 Å². The van der Waals surface area contributed by atoms with E-state index in [4.69, 9.17) is 4.74 Å². The van der Waals surface area contributed by atoms with Crippen LogP contribution in [-0.4, -0.2) is 0 Å². The lowest BCUT2D eigenvalue weighted by Gasteiger charge is -2.39. The molecule has 12 rings (SSSR count). The maximum absolute atomic E-state index is 6.78. The van der Waals surface area contributed by atoms with Gasteiger partial charge in [-0.3, -0.25) is 0 Å². The second kappa shape index (κ2) is 12.9. The molecule has 0 saturated heterocycles. The largest absolute Gasteiger partial charge is 0.457 e. The van der Waals surface area contributed by atoms with Crippen LogP contribution in [0.25, 0.3) is 53.6 Å². The third-order valence-corrected chi connectivity index (χ3v) is 13.3. The molecule has 0 N–H and O–H groups in total. The fraction of sp³-hybridized carbons (Fsp3) is 0.0182. The van der Waals surface area contributed by atoms with Crippen molar-refractivity contribution in [1.29, 1.82) is 0 Å². The van der Waals surface area contributed by atoms with Crippen LogP contribution in [0.4, 0.5) is 17.1 Å². The Balaban J connectivity index is 1.01. The maximum Gasteiger partial charge on any atom is 0.132 e. The highest BCUT2D eigenvalue weighted by Crippen LogP contribution is 2.62. The fourth-order valence-corrected chi connectivity index (χ4v) is 10.7. The smallest absolute Gasteiger partial charge is 0.132 e. The molecule has 2 heterocycles. The Morgan fingerprint density at radius 3 is 1.72 bits per heavy atom. The van der Waals surface area contributed by atoms with E-state index in [9.17, 15) is 0 Å². The third-order valence-electron chi connectivity index (χ3n) is 12.2. The number of ether oxygens (including phenoxy) is 1. The molecule has 1 aliphatic heterocycles. The van der Waals surface area contributed by atoms with Crippen molar-refractivity contribution >= 4 is 48.6 Å². The summed E-state index contributed by atoms with van der Waals surface area (Å²) in [7, 11) is 0. The highest BCUT2D eigenvalue weighted by atomic mass is 32.1. The summed E-state index contributed by atoms with van der Waals surface area (Å²) in [5.74, 6) is 1.78. The van der Waals surface area contributed by atoms with E-state index < -0.39 is 5.41 Å². The van der Waals surface area contributed by atoms with E-state index in [1.54, 1.807) is 0 Å². The molecule has 0 atom stereocenters. The number of fused-ring (bicyclic) bond motifs is 12. The number of nitrogens with zero attached hydrogens (tertiary/aromatic N) is 1. The van der Waals surface area contributed by atoms with Gasteiger partial charge in [0, 0.05) is 48.2 Å². The number of anilines is 3. The molecule has 2 aliphatic rings. The Hall–Kier alpha value is -7.20. The quantitative estimate of drug-likeness (QED) is 0.173. The summed E-state index contributed by atoms with van der Waals surface area (Å²) in [5, 5.41) is 2.63. The third kappa shape index (κ3) is 4.84. The second-order valence-corrected chi connectivity index (χ2v) is 16.3. The maximum atomic E-state index is 6.78. The van der Waals surface area contributed by atoms with Gasteiger partial charge in [-0.1, -0.05) is 146 Å². The number of rotatable bonds is 5. The minimum atomic E-state index is -0.532. The number of benzene rings is 9. The van der Waals surface area contributed by atoms with Crippen LogP contribution in [0, 0.1) is 0 Å². The van der Waals surface area contributed by atoms with Crippen LogP contribution >= 0.6 is 11.3 Å². The average molecular weight is 758 g/mol. The predicted octanol–water partition coefficient (Wildman–Crippen LogP) is 15.3. The first-order valence-electron chi connectivity index (χ1n) is 19.8. The van der Waals surface area contributed by atoms with Gasteiger partial charge in [0.05, 0.1) is 11.1 Å². The summed E-state index contributed by atoms with van der Waals surface area (Å²) >= 11 is 1.86. The van der Waals surface area contributed by atoms with Crippen molar-refractivity contribution in [2.45, 2.75) is 5.41 Å². The minimum absolute atomic E-state index is 0.532. The molecule has 58 heavy (non-hydrogen) atoms. The predicted molar refractivity (Wildman–Crippen MR) is 242 cm³/mol. The van der Waals surface area contributed by atoms with Crippen molar-refractivity contribution in [3.63, 3.8) is 0 Å². The molecule has 272 valence electrons. The van der Waals surface area contributed by atoms with Crippen LogP contribution in [0.3, 0.4) is 0 Å². The van der Waals surface area contributed by atoms with Gasteiger partial charge in [0.1, 0.15) is 11.5 Å². The summed E-state index contributed by atoms with van der Waals surface area (Å²) in [4.78, 5) is 2.38. The molecular formula is C55H35NOS. The Bertz CT molecular complexity index is 3170. The van der Waals surface area contributed by atoms with Crippen LogP contribution in [0.5, 0.6) is 11.5 Å². The normalized spacial score (nSPS) is 13.1. The Kier molecular flexibility index (Phi) is 7.35. The van der Waals surface area contributed by atoms with Crippen molar-refractivity contribution in [3.05, 3.63) is 235 Å². The zero-order valence-corrected chi connectivity index (χ0v) is 32.3. The van der Waals surface area contributed by atoms with Crippen LogP contribution in [0.15, 0.2) is 212 Å². The zero-order chi connectivity index (χ0) is 38.2. The molecule has 2 nitrogen and oxygen atoms in total. The van der Waals surface area contributed by atoms with Gasteiger partial charge in [-0.25, -0.2) is 0 Å². The van der Waals surface area contributed by atoms with Gasteiger partial charge >= 0.3 is 0 Å². The number of hydrogen-bond acceptors (Lipinski definition) is 3. The molecule has 0 fully saturated rings.